The minimum Gasteiger partial charge on any atom is -0.403 e. The van der Waals surface area contributed by atoms with Gasteiger partial charge in [-0.1, -0.05) is 51.0 Å². The zero-order valence-electron chi connectivity index (χ0n) is 18.0. The molecular weight excluding hydrogens is 420 g/mol. The standard InChI is InChI=1S/C23H26O9/c1-3-5-17-7-11-19(12-8-17)21(24)31-29-15-27-23(26)28-16-30-32-22(25)20-13-9-18(6-4-2)10-14-20/h7-14H,3-6,15-16H2,1-2H3. The molecular formula is C23H26O9. The number of aryl methyl sites for hydroxylation is 2. The van der Waals surface area contributed by atoms with Crippen LogP contribution in [-0.2, 0) is 41.9 Å². The molecule has 172 valence electrons. The van der Waals surface area contributed by atoms with Crippen molar-refractivity contribution >= 4 is 18.1 Å². The van der Waals surface area contributed by atoms with Crippen LogP contribution in [0.4, 0.5) is 4.79 Å². The molecule has 2 aromatic carbocycles. The monoisotopic (exact) mass is 446 g/mol. The van der Waals surface area contributed by atoms with E-state index in [0.717, 1.165) is 36.8 Å². The Bertz CT molecular complexity index is 789. The van der Waals surface area contributed by atoms with Crippen LogP contribution in [0.5, 0.6) is 0 Å². The van der Waals surface area contributed by atoms with Gasteiger partial charge in [0.05, 0.1) is 11.1 Å². The molecule has 9 heteroatoms. The summed E-state index contributed by atoms with van der Waals surface area (Å²) in [7, 11) is 0. The molecule has 0 aromatic heterocycles. The first-order chi connectivity index (χ1) is 15.5. The van der Waals surface area contributed by atoms with Crippen LogP contribution in [0.25, 0.3) is 0 Å². The minimum absolute atomic E-state index is 0.294. The van der Waals surface area contributed by atoms with Crippen molar-refractivity contribution in [2.45, 2.75) is 39.5 Å². The summed E-state index contributed by atoms with van der Waals surface area (Å²) in [4.78, 5) is 53.1. The Kier molecular flexibility index (Phi) is 10.7. The van der Waals surface area contributed by atoms with Crippen LogP contribution < -0.4 is 0 Å². The first kappa shape index (κ1) is 24.8. The predicted molar refractivity (Wildman–Crippen MR) is 111 cm³/mol. The van der Waals surface area contributed by atoms with Crippen molar-refractivity contribution in [1.29, 1.82) is 0 Å². The molecule has 0 saturated carbocycles. The molecule has 0 radical (unpaired) electrons. The maximum atomic E-state index is 11.8. The molecule has 2 rings (SSSR count). The van der Waals surface area contributed by atoms with E-state index in [0.29, 0.717) is 11.1 Å². The van der Waals surface area contributed by atoms with Crippen LogP contribution in [0.1, 0.15) is 58.5 Å². The SMILES string of the molecule is CCCc1ccc(C(=O)OOCOC(=O)OCOOC(=O)c2ccc(CCC)cc2)cc1. The van der Waals surface area contributed by atoms with Crippen molar-refractivity contribution in [1.82, 2.24) is 0 Å². The Morgan fingerprint density at radius 1 is 0.625 bits per heavy atom. The number of hydrogen-bond donors (Lipinski definition) is 0. The van der Waals surface area contributed by atoms with Gasteiger partial charge in [0.1, 0.15) is 0 Å². The molecule has 0 bridgehead atoms. The molecule has 32 heavy (non-hydrogen) atoms. The highest BCUT2D eigenvalue weighted by molar-refractivity contribution is 5.89. The van der Waals surface area contributed by atoms with E-state index in [4.69, 9.17) is 0 Å². The molecule has 0 aliphatic heterocycles. The van der Waals surface area contributed by atoms with Gasteiger partial charge in [0, 0.05) is 0 Å². The molecule has 9 nitrogen and oxygen atoms in total. The van der Waals surface area contributed by atoms with Gasteiger partial charge in [-0.3, -0.25) is 9.78 Å². The smallest absolute Gasteiger partial charge is 0.403 e. The second-order valence-corrected chi connectivity index (χ2v) is 6.65. The van der Waals surface area contributed by atoms with Gasteiger partial charge in [0.15, 0.2) is 0 Å². The largest absolute Gasteiger partial charge is 0.512 e. The van der Waals surface area contributed by atoms with Crippen LogP contribution >= 0.6 is 0 Å². The lowest BCUT2D eigenvalue weighted by Gasteiger charge is -2.07. The number of ether oxygens (including phenoxy) is 2. The Morgan fingerprint density at radius 2 is 1.00 bits per heavy atom. The van der Waals surface area contributed by atoms with E-state index in [1.807, 2.05) is 24.3 Å². The van der Waals surface area contributed by atoms with Gasteiger partial charge in [0.2, 0.25) is 13.6 Å². The molecule has 0 fully saturated rings. The van der Waals surface area contributed by atoms with Crippen LogP contribution in [0.15, 0.2) is 48.5 Å². The number of carbonyl (C=O) groups is 3. The van der Waals surface area contributed by atoms with E-state index in [1.54, 1.807) is 24.3 Å². The molecule has 0 saturated heterocycles. The summed E-state index contributed by atoms with van der Waals surface area (Å²) in [5.74, 6) is -1.47. The molecule has 0 spiro atoms. The first-order valence-corrected chi connectivity index (χ1v) is 10.2. The fourth-order valence-electron chi connectivity index (χ4n) is 2.63. The van der Waals surface area contributed by atoms with Crippen LogP contribution in [0, 0.1) is 0 Å². The van der Waals surface area contributed by atoms with Crippen LogP contribution in [0.3, 0.4) is 0 Å². The number of benzene rings is 2. The highest BCUT2D eigenvalue weighted by atomic mass is 17.2. The highest BCUT2D eigenvalue weighted by Gasteiger charge is 2.11. The minimum atomic E-state index is -1.18. The Labute approximate surface area is 186 Å². The van der Waals surface area contributed by atoms with Gasteiger partial charge in [-0.05, 0) is 48.2 Å². The van der Waals surface area contributed by atoms with Crippen molar-refractivity contribution in [3.8, 4) is 0 Å². The number of hydrogen-bond acceptors (Lipinski definition) is 9. The Morgan fingerprint density at radius 3 is 1.34 bits per heavy atom. The second-order valence-electron chi connectivity index (χ2n) is 6.65. The molecule has 0 atom stereocenters. The normalized spacial score (nSPS) is 10.3. The topological polar surface area (TPSA) is 107 Å². The quantitative estimate of drug-likeness (QED) is 0.153. The lowest BCUT2D eigenvalue weighted by atomic mass is 10.1. The zero-order valence-corrected chi connectivity index (χ0v) is 18.0. The van der Waals surface area contributed by atoms with Gasteiger partial charge < -0.3 is 9.47 Å². The predicted octanol–water partition coefficient (Wildman–Crippen LogP) is 4.54. The molecule has 0 unspecified atom stereocenters. The van der Waals surface area contributed by atoms with Gasteiger partial charge in [-0.25, -0.2) is 14.4 Å². The lowest BCUT2D eigenvalue weighted by molar-refractivity contribution is -0.297. The van der Waals surface area contributed by atoms with E-state index in [2.05, 4.69) is 42.9 Å². The third-order valence-electron chi connectivity index (χ3n) is 4.18. The summed E-state index contributed by atoms with van der Waals surface area (Å²) < 4.78 is 9.05. The fraction of sp³-hybridized carbons (Fsp3) is 0.348. The van der Waals surface area contributed by atoms with Crippen molar-refractivity contribution < 1.29 is 43.4 Å². The molecule has 0 aliphatic carbocycles. The van der Waals surface area contributed by atoms with Crippen LogP contribution in [0.2, 0.25) is 0 Å². The summed E-state index contributed by atoms with van der Waals surface area (Å²) in [6.07, 6.45) is 2.65. The van der Waals surface area contributed by atoms with Gasteiger partial charge >= 0.3 is 18.1 Å². The summed E-state index contributed by atoms with van der Waals surface area (Å²) in [6.45, 7) is 2.74. The summed E-state index contributed by atoms with van der Waals surface area (Å²) in [5.41, 5.74) is 2.80. The van der Waals surface area contributed by atoms with Crippen molar-refractivity contribution in [2.75, 3.05) is 13.6 Å². The van der Waals surface area contributed by atoms with E-state index in [1.165, 1.54) is 0 Å². The fourth-order valence-corrected chi connectivity index (χ4v) is 2.63. The van der Waals surface area contributed by atoms with Crippen molar-refractivity contribution in [2.24, 2.45) is 0 Å². The average molecular weight is 446 g/mol. The van der Waals surface area contributed by atoms with E-state index >= 15 is 0 Å². The molecule has 2 aromatic rings. The average Bonchev–Trinajstić information content (AvgIpc) is 2.80. The first-order valence-electron chi connectivity index (χ1n) is 10.2. The maximum absolute atomic E-state index is 11.8. The number of carbonyl (C=O) groups excluding carboxylic acids is 3. The zero-order chi connectivity index (χ0) is 23.2. The summed E-state index contributed by atoms with van der Waals surface area (Å²) in [5, 5.41) is 0. The van der Waals surface area contributed by atoms with Gasteiger partial charge in [0.25, 0.3) is 0 Å². The van der Waals surface area contributed by atoms with Crippen LogP contribution in [-0.4, -0.2) is 31.7 Å². The van der Waals surface area contributed by atoms with E-state index in [-0.39, 0.29) is 0 Å². The van der Waals surface area contributed by atoms with E-state index < -0.39 is 31.7 Å². The Balaban J connectivity index is 1.56. The third-order valence-corrected chi connectivity index (χ3v) is 4.18. The molecule has 0 heterocycles. The Hall–Kier alpha value is -3.43. The van der Waals surface area contributed by atoms with Crippen molar-refractivity contribution in [3.05, 3.63) is 70.8 Å². The highest BCUT2D eigenvalue weighted by Crippen LogP contribution is 2.09. The van der Waals surface area contributed by atoms with Crippen molar-refractivity contribution in [3.63, 3.8) is 0 Å². The molecule has 0 aliphatic rings. The maximum Gasteiger partial charge on any atom is 0.512 e. The third kappa shape index (κ3) is 8.75. The van der Waals surface area contributed by atoms with Gasteiger partial charge in [-0.2, -0.15) is 0 Å². The second kappa shape index (κ2) is 13.8. The van der Waals surface area contributed by atoms with Gasteiger partial charge in [-0.15, -0.1) is 9.78 Å². The lowest BCUT2D eigenvalue weighted by Crippen LogP contribution is -2.15. The summed E-state index contributed by atoms with van der Waals surface area (Å²) in [6, 6.07) is 13.7. The van der Waals surface area contributed by atoms with E-state index in [9.17, 15) is 14.4 Å². The molecule has 0 N–H and O–H groups in total. The molecule has 0 amide bonds. The summed E-state index contributed by atoms with van der Waals surface area (Å²) >= 11 is 0. The number of rotatable bonds is 12.